The normalized spacial score (nSPS) is 17.5. The van der Waals surface area contributed by atoms with Gasteiger partial charge >= 0.3 is 0 Å². The summed E-state index contributed by atoms with van der Waals surface area (Å²) in [4.78, 5) is 0.296. The number of aromatic nitrogens is 1. The Kier molecular flexibility index (Phi) is 4.84. The molecule has 0 bridgehead atoms. The summed E-state index contributed by atoms with van der Waals surface area (Å²) in [5.41, 5.74) is 1.88. The number of fused-ring (bicyclic) bond motifs is 1. The van der Waals surface area contributed by atoms with Crippen molar-refractivity contribution < 1.29 is 13.2 Å². The number of sulfonamides is 1. The largest absolute Gasteiger partial charge is 0.497 e. The molecule has 2 aromatic carbocycles. The topological polar surface area (TPSA) is 51.5 Å². The predicted molar refractivity (Wildman–Crippen MR) is 107 cm³/mol. The summed E-state index contributed by atoms with van der Waals surface area (Å²) in [6, 6.07) is 17.9. The summed E-state index contributed by atoms with van der Waals surface area (Å²) >= 11 is 3.36. The number of nitrogens with zero attached hydrogens (tertiary/aromatic N) is 2. The monoisotopic (exact) mass is 446 g/mol. The van der Waals surface area contributed by atoms with Crippen molar-refractivity contribution in [2.75, 3.05) is 13.7 Å². The first-order valence-electron chi connectivity index (χ1n) is 8.57. The third-order valence-electron chi connectivity index (χ3n) is 4.85. The molecule has 2 heterocycles. The van der Waals surface area contributed by atoms with E-state index in [4.69, 9.17) is 4.74 Å². The highest BCUT2D eigenvalue weighted by Gasteiger charge is 2.37. The van der Waals surface area contributed by atoms with Crippen LogP contribution in [0.25, 0.3) is 0 Å². The lowest BCUT2D eigenvalue weighted by Gasteiger charge is -2.36. The summed E-state index contributed by atoms with van der Waals surface area (Å²) < 4.78 is 36.6. The van der Waals surface area contributed by atoms with Gasteiger partial charge in [0.1, 0.15) is 5.75 Å². The average molecular weight is 447 g/mol. The van der Waals surface area contributed by atoms with Gasteiger partial charge in [0.05, 0.1) is 18.0 Å². The van der Waals surface area contributed by atoms with Crippen molar-refractivity contribution >= 4 is 26.0 Å². The maximum atomic E-state index is 13.4. The highest BCUT2D eigenvalue weighted by Crippen LogP contribution is 2.37. The maximum Gasteiger partial charge on any atom is 0.244 e. The van der Waals surface area contributed by atoms with Crippen LogP contribution in [0.3, 0.4) is 0 Å². The van der Waals surface area contributed by atoms with Crippen LogP contribution in [0.2, 0.25) is 0 Å². The van der Waals surface area contributed by atoms with Gasteiger partial charge in [-0.15, -0.1) is 0 Å². The van der Waals surface area contributed by atoms with Crippen molar-refractivity contribution in [3.05, 3.63) is 82.6 Å². The summed E-state index contributed by atoms with van der Waals surface area (Å²) in [5.74, 6) is 0.743. The number of rotatable bonds is 4. The molecule has 0 saturated carbocycles. The lowest BCUT2D eigenvalue weighted by Crippen LogP contribution is -2.42. The Bertz CT molecular complexity index is 1040. The molecule has 0 amide bonds. The van der Waals surface area contributed by atoms with Crippen LogP contribution < -0.4 is 4.74 Å². The van der Waals surface area contributed by atoms with E-state index < -0.39 is 10.0 Å². The molecule has 0 aliphatic carbocycles. The molecule has 0 N–H and O–H groups in total. The van der Waals surface area contributed by atoms with Gasteiger partial charge < -0.3 is 9.30 Å². The molecule has 1 aliphatic heterocycles. The summed E-state index contributed by atoms with van der Waals surface area (Å²) in [6.07, 6.45) is 2.00. The zero-order valence-corrected chi connectivity index (χ0v) is 17.2. The van der Waals surface area contributed by atoms with Crippen LogP contribution in [0.1, 0.15) is 17.3 Å². The van der Waals surface area contributed by atoms with Crippen molar-refractivity contribution in [2.45, 2.75) is 17.5 Å². The van der Waals surface area contributed by atoms with E-state index in [1.165, 1.54) is 0 Å². The number of hydrogen-bond acceptors (Lipinski definition) is 3. The summed E-state index contributed by atoms with van der Waals surface area (Å²) in [7, 11) is -2.03. The Balaban J connectivity index is 1.81. The third kappa shape index (κ3) is 3.31. The highest BCUT2D eigenvalue weighted by molar-refractivity contribution is 9.10. The zero-order valence-electron chi connectivity index (χ0n) is 14.7. The van der Waals surface area contributed by atoms with Crippen LogP contribution in [0.5, 0.6) is 5.75 Å². The van der Waals surface area contributed by atoms with Crippen molar-refractivity contribution in [1.29, 1.82) is 0 Å². The van der Waals surface area contributed by atoms with Gasteiger partial charge in [0.15, 0.2) is 0 Å². The van der Waals surface area contributed by atoms with E-state index in [2.05, 4.69) is 20.5 Å². The quantitative estimate of drug-likeness (QED) is 0.607. The molecule has 7 heteroatoms. The Labute approximate surface area is 167 Å². The van der Waals surface area contributed by atoms with Crippen LogP contribution in [-0.2, 0) is 16.6 Å². The number of benzene rings is 2. The van der Waals surface area contributed by atoms with Gasteiger partial charge in [-0.2, -0.15) is 4.31 Å². The van der Waals surface area contributed by atoms with Gasteiger partial charge in [-0.05, 0) is 54.1 Å². The van der Waals surface area contributed by atoms with E-state index in [0.717, 1.165) is 21.5 Å². The molecule has 1 aliphatic rings. The first-order valence-corrected chi connectivity index (χ1v) is 10.8. The zero-order chi connectivity index (χ0) is 19.0. The fraction of sp³-hybridized carbons (Fsp3) is 0.200. The minimum atomic E-state index is -3.64. The fourth-order valence-electron chi connectivity index (χ4n) is 3.49. The molecule has 140 valence electrons. The van der Waals surface area contributed by atoms with E-state index in [1.807, 2.05) is 42.6 Å². The molecule has 0 fully saturated rings. The second-order valence-corrected chi connectivity index (χ2v) is 9.18. The van der Waals surface area contributed by atoms with E-state index >= 15 is 0 Å². The average Bonchev–Trinajstić information content (AvgIpc) is 3.16. The van der Waals surface area contributed by atoms with E-state index in [1.54, 1.807) is 35.7 Å². The highest BCUT2D eigenvalue weighted by atomic mass is 79.9. The second kappa shape index (κ2) is 7.14. The molecule has 1 atom stereocenters. The molecule has 5 nitrogen and oxygen atoms in total. The lowest BCUT2D eigenvalue weighted by atomic mass is 10.0. The van der Waals surface area contributed by atoms with Crippen LogP contribution in [0.4, 0.5) is 0 Å². The maximum absolute atomic E-state index is 13.4. The Morgan fingerprint density at radius 1 is 1.00 bits per heavy atom. The molecule has 3 aromatic rings. The number of halogens is 1. The third-order valence-corrected chi connectivity index (χ3v) is 7.25. The van der Waals surface area contributed by atoms with Crippen LogP contribution >= 0.6 is 15.9 Å². The molecule has 27 heavy (non-hydrogen) atoms. The summed E-state index contributed by atoms with van der Waals surface area (Å²) in [6.45, 7) is 1.04. The Hall–Kier alpha value is -2.09. The van der Waals surface area contributed by atoms with Crippen LogP contribution in [-0.4, -0.2) is 30.9 Å². The molecule has 0 radical (unpaired) electrons. The Morgan fingerprint density at radius 3 is 2.37 bits per heavy atom. The SMILES string of the molecule is COc1ccc([C@H]2c3cccn3CCN2S(=O)(=O)c2ccc(Br)cc2)cc1. The van der Waals surface area contributed by atoms with E-state index in [-0.39, 0.29) is 6.04 Å². The number of hydrogen-bond donors (Lipinski definition) is 0. The van der Waals surface area contributed by atoms with Crippen molar-refractivity contribution in [3.8, 4) is 5.75 Å². The first-order chi connectivity index (χ1) is 13.0. The van der Waals surface area contributed by atoms with Gasteiger partial charge in [0.25, 0.3) is 0 Å². The van der Waals surface area contributed by atoms with Gasteiger partial charge in [0, 0.05) is 29.5 Å². The molecule has 4 rings (SSSR count). The van der Waals surface area contributed by atoms with Crippen molar-refractivity contribution in [1.82, 2.24) is 8.87 Å². The fourth-order valence-corrected chi connectivity index (χ4v) is 5.33. The smallest absolute Gasteiger partial charge is 0.244 e. The van der Waals surface area contributed by atoms with Crippen molar-refractivity contribution in [3.63, 3.8) is 0 Å². The second-order valence-electron chi connectivity index (χ2n) is 6.37. The standard InChI is InChI=1S/C20H19BrN2O3S/c1-26-17-8-4-15(5-9-17)20-19-3-2-12-22(19)13-14-23(20)27(24,25)18-10-6-16(21)7-11-18/h2-12,20H,13-14H2,1H3/t20-/m0/s1. The minimum absolute atomic E-state index is 0.296. The van der Waals surface area contributed by atoms with Gasteiger partial charge in [-0.25, -0.2) is 8.42 Å². The molecule has 0 saturated heterocycles. The van der Waals surface area contributed by atoms with Gasteiger partial charge in [0.2, 0.25) is 10.0 Å². The summed E-state index contributed by atoms with van der Waals surface area (Å²) in [5, 5.41) is 0. The Morgan fingerprint density at radius 2 is 1.70 bits per heavy atom. The van der Waals surface area contributed by atoms with Gasteiger partial charge in [-0.1, -0.05) is 28.1 Å². The molecular formula is C20H19BrN2O3S. The minimum Gasteiger partial charge on any atom is -0.497 e. The van der Waals surface area contributed by atoms with Gasteiger partial charge in [-0.3, -0.25) is 0 Å². The number of methoxy groups -OCH3 is 1. The molecule has 0 unspecified atom stereocenters. The first kappa shape index (κ1) is 18.3. The molecular weight excluding hydrogens is 428 g/mol. The molecule has 0 spiro atoms. The number of ether oxygens (including phenoxy) is 1. The van der Waals surface area contributed by atoms with Crippen LogP contribution in [0.15, 0.2) is 76.2 Å². The van der Waals surface area contributed by atoms with Crippen molar-refractivity contribution in [2.24, 2.45) is 0 Å². The lowest BCUT2D eigenvalue weighted by molar-refractivity contribution is 0.298. The predicted octanol–water partition coefficient (Wildman–Crippen LogP) is 4.05. The van der Waals surface area contributed by atoms with E-state index in [0.29, 0.717) is 18.0 Å². The van der Waals surface area contributed by atoms with E-state index in [9.17, 15) is 8.42 Å². The molecule has 1 aromatic heterocycles. The van der Waals surface area contributed by atoms with Crippen LogP contribution in [0, 0.1) is 0 Å².